The topological polar surface area (TPSA) is 99.8 Å². The van der Waals surface area contributed by atoms with Gasteiger partial charge in [-0.3, -0.25) is 9.88 Å². The van der Waals surface area contributed by atoms with E-state index in [9.17, 15) is 4.39 Å². The number of furan rings is 1. The Balaban J connectivity index is 1.47. The van der Waals surface area contributed by atoms with Crippen LogP contribution >= 0.6 is 0 Å². The number of hydrogen-bond acceptors (Lipinski definition) is 7. The molecule has 3 N–H and O–H groups in total. The van der Waals surface area contributed by atoms with E-state index in [4.69, 9.17) is 19.6 Å². The maximum atomic E-state index is 13.5. The summed E-state index contributed by atoms with van der Waals surface area (Å²) in [6.45, 7) is 3.03. The van der Waals surface area contributed by atoms with Gasteiger partial charge in [-0.05, 0) is 42.8 Å². The van der Waals surface area contributed by atoms with Gasteiger partial charge in [-0.1, -0.05) is 0 Å². The minimum atomic E-state index is -0.560. The van der Waals surface area contributed by atoms with Gasteiger partial charge in [0.15, 0.2) is 23.6 Å². The molecule has 1 unspecified atom stereocenters. The minimum absolute atomic E-state index is 0.239. The van der Waals surface area contributed by atoms with Crippen LogP contribution < -0.4 is 20.5 Å². The van der Waals surface area contributed by atoms with Gasteiger partial charge in [-0.15, -0.1) is 0 Å². The van der Waals surface area contributed by atoms with Gasteiger partial charge in [0, 0.05) is 24.1 Å². The quantitative estimate of drug-likeness (QED) is 0.492. The molecule has 2 aromatic heterocycles. The van der Waals surface area contributed by atoms with Crippen LogP contribution in [0, 0.1) is 12.7 Å². The predicted octanol–water partition coefficient (Wildman–Crippen LogP) is 4.19. The molecule has 0 saturated carbocycles. The molecule has 0 bridgehead atoms. The molecule has 0 amide bonds. The third-order valence-electron chi connectivity index (χ3n) is 5.64. The van der Waals surface area contributed by atoms with Crippen molar-refractivity contribution in [3.63, 3.8) is 0 Å². The first-order valence-electron chi connectivity index (χ1n) is 10.3. The number of nitrogens with two attached hydrogens (primary N) is 1. The van der Waals surface area contributed by atoms with Crippen LogP contribution in [-0.4, -0.2) is 28.7 Å². The number of imidazole rings is 1. The summed E-state index contributed by atoms with van der Waals surface area (Å²) >= 11 is 0. The van der Waals surface area contributed by atoms with Crippen molar-refractivity contribution in [2.24, 2.45) is 10.7 Å². The number of ether oxygens (including phenoxy) is 2. The van der Waals surface area contributed by atoms with Crippen LogP contribution in [0.2, 0.25) is 0 Å². The van der Waals surface area contributed by atoms with Gasteiger partial charge in [-0.2, -0.15) is 0 Å². The predicted molar refractivity (Wildman–Crippen MR) is 118 cm³/mol. The summed E-state index contributed by atoms with van der Waals surface area (Å²) in [6, 6.07) is 12.1. The molecule has 0 radical (unpaired) electrons. The molecule has 162 valence electrons. The Kier molecular flexibility index (Phi) is 4.11. The number of hydrogen-bond donors (Lipinski definition) is 2. The van der Waals surface area contributed by atoms with Gasteiger partial charge >= 0.3 is 0 Å². The fourth-order valence-corrected chi connectivity index (χ4v) is 4.15. The van der Waals surface area contributed by atoms with Crippen LogP contribution in [0.1, 0.15) is 23.9 Å². The van der Waals surface area contributed by atoms with E-state index in [0.29, 0.717) is 42.2 Å². The van der Waals surface area contributed by atoms with Gasteiger partial charge in [0.05, 0.1) is 24.2 Å². The van der Waals surface area contributed by atoms with Gasteiger partial charge in [0.2, 0.25) is 5.95 Å². The number of guanidine groups is 1. The normalized spacial score (nSPS) is 17.4. The number of benzene rings is 2. The Labute approximate surface area is 182 Å². The molecule has 1 atom stereocenters. The maximum absolute atomic E-state index is 13.5. The van der Waals surface area contributed by atoms with E-state index in [1.54, 1.807) is 6.07 Å². The monoisotopic (exact) mass is 433 g/mol. The zero-order valence-electron chi connectivity index (χ0n) is 17.3. The summed E-state index contributed by atoms with van der Waals surface area (Å²) in [6.07, 6.45) is 0.260. The van der Waals surface area contributed by atoms with Crippen molar-refractivity contribution >= 4 is 22.9 Å². The van der Waals surface area contributed by atoms with Crippen molar-refractivity contribution in [3.05, 3.63) is 59.6 Å². The van der Waals surface area contributed by atoms with Crippen LogP contribution in [-0.2, 0) is 0 Å². The molecule has 2 aliphatic rings. The number of fused-ring (bicyclic) bond motifs is 4. The van der Waals surface area contributed by atoms with E-state index in [1.807, 2.05) is 35.8 Å². The number of aryl methyl sites for hydroxylation is 1. The average Bonchev–Trinajstić information content (AvgIpc) is 3.30. The third-order valence-corrected chi connectivity index (χ3v) is 5.64. The number of aliphatic imine (C=N–C) groups is 1. The Morgan fingerprint density at radius 3 is 2.72 bits per heavy atom. The van der Waals surface area contributed by atoms with E-state index in [-0.39, 0.29) is 11.8 Å². The number of nitrogens with zero attached hydrogens (tertiary/aromatic N) is 3. The van der Waals surface area contributed by atoms with Crippen molar-refractivity contribution in [1.82, 2.24) is 9.55 Å². The van der Waals surface area contributed by atoms with E-state index in [1.165, 1.54) is 12.1 Å². The first-order chi connectivity index (χ1) is 15.6. The highest BCUT2D eigenvalue weighted by molar-refractivity contribution is 5.95. The Morgan fingerprint density at radius 2 is 1.91 bits per heavy atom. The lowest BCUT2D eigenvalue weighted by atomic mass is 10.1. The summed E-state index contributed by atoms with van der Waals surface area (Å²) in [7, 11) is 0. The number of aromatic nitrogens is 2. The molecule has 2 aromatic carbocycles. The second-order valence-corrected chi connectivity index (χ2v) is 7.82. The van der Waals surface area contributed by atoms with E-state index < -0.39 is 6.17 Å². The lowest BCUT2D eigenvalue weighted by Gasteiger charge is -2.22. The Morgan fingerprint density at radius 1 is 1.09 bits per heavy atom. The summed E-state index contributed by atoms with van der Waals surface area (Å²) in [5, 5.41) is 3.02. The fourth-order valence-electron chi connectivity index (χ4n) is 4.15. The molecule has 6 rings (SSSR count). The highest BCUT2D eigenvalue weighted by Crippen LogP contribution is 2.40. The molecule has 0 aliphatic carbocycles. The molecular weight excluding hydrogens is 413 g/mol. The lowest BCUT2D eigenvalue weighted by Crippen LogP contribution is -2.31. The zero-order chi connectivity index (χ0) is 21.8. The molecular formula is C23H20FN5O3. The van der Waals surface area contributed by atoms with Crippen LogP contribution in [0.5, 0.6) is 11.5 Å². The first kappa shape index (κ1) is 18.7. The molecule has 9 heteroatoms. The van der Waals surface area contributed by atoms with Crippen LogP contribution in [0.3, 0.4) is 0 Å². The van der Waals surface area contributed by atoms with Crippen LogP contribution in [0.25, 0.3) is 22.4 Å². The lowest BCUT2D eigenvalue weighted by molar-refractivity contribution is 0.297. The molecule has 2 aliphatic heterocycles. The number of anilines is 1. The molecule has 0 saturated heterocycles. The van der Waals surface area contributed by atoms with Crippen molar-refractivity contribution < 1.29 is 18.3 Å². The van der Waals surface area contributed by atoms with Crippen molar-refractivity contribution in [1.29, 1.82) is 0 Å². The molecule has 0 spiro atoms. The standard InChI is InChI=1S/C23H20FN5O3/c1-12-9-13(24)3-4-14(12)17-5-6-18(32-17)21-27-22(25)28-23-26-15-10-19-20(11-16(15)29(21)23)31-8-2-7-30-19/h3-6,9-11,21H,2,7-8H2,1H3,(H3,25,26,27,28). The van der Waals surface area contributed by atoms with Crippen LogP contribution in [0.15, 0.2) is 51.9 Å². The third kappa shape index (κ3) is 2.96. The Hall–Kier alpha value is -4.01. The zero-order valence-corrected chi connectivity index (χ0v) is 17.3. The molecule has 4 heterocycles. The van der Waals surface area contributed by atoms with Gasteiger partial charge in [0.1, 0.15) is 17.3 Å². The summed E-state index contributed by atoms with van der Waals surface area (Å²) in [5.41, 5.74) is 9.20. The minimum Gasteiger partial charge on any atom is -0.489 e. The highest BCUT2D eigenvalue weighted by atomic mass is 19.1. The second kappa shape index (κ2) is 7.01. The average molecular weight is 433 g/mol. The first-order valence-corrected chi connectivity index (χ1v) is 10.3. The van der Waals surface area contributed by atoms with Gasteiger partial charge in [-0.25, -0.2) is 14.4 Å². The fraction of sp³-hybridized carbons (Fsp3) is 0.217. The van der Waals surface area contributed by atoms with Gasteiger partial charge in [0.25, 0.3) is 0 Å². The molecule has 32 heavy (non-hydrogen) atoms. The molecule has 0 fully saturated rings. The van der Waals surface area contributed by atoms with Crippen molar-refractivity contribution in [2.45, 2.75) is 19.5 Å². The largest absolute Gasteiger partial charge is 0.489 e. The van der Waals surface area contributed by atoms with E-state index >= 15 is 0 Å². The summed E-state index contributed by atoms with van der Waals surface area (Å²) in [5.74, 6) is 3.05. The van der Waals surface area contributed by atoms with E-state index in [2.05, 4.69) is 15.3 Å². The smallest absolute Gasteiger partial charge is 0.212 e. The van der Waals surface area contributed by atoms with E-state index in [0.717, 1.165) is 28.6 Å². The Bertz CT molecular complexity index is 1390. The summed E-state index contributed by atoms with van der Waals surface area (Å²) < 4.78 is 33.3. The number of rotatable bonds is 2. The SMILES string of the molecule is Cc1cc(F)ccc1-c1ccc(C2N=C(N)Nc3nc4cc5c(cc4n32)OCCCO5)o1. The van der Waals surface area contributed by atoms with Crippen molar-refractivity contribution in [2.75, 3.05) is 18.5 Å². The van der Waals surface area contributed by atoms with Crippen LogP contribution in [0.4, 0.5) is 10.3 Å². The maximum Gasteiger partial charge on any atom is 0.212 e. The number of halogens is 1. The number of nitrogens with one attached hydrogen (secondary N) is 1. The second-order valence-electron chi connectivity index (χ2n) is 7.82. The van der Waals surface area contributed by atoms with Crippen molar-refractivity contribution in [3.8, 4) is 22.8 Å². The summed E-state index contributed by atoms with van der Waals surface area (Å²) in [4.78, 5) is 9.25. The van der Waals surface area contributed by atoms with Gasteiger partial charge < -0.3 is 19.6 Å². The highest BCUT2D eigenvalue weighted by Gasteiger charge is 2.29. The molecule has 8 nitrogen and oxygen atoms in total. The molecule has 4 aromatic rings.